The van der Waals surface area contributed by atoms with Crippen LogP contribution in [0, 0.1) is 0 Å². The molecule has 0 atom stereocenters. The maximum Gasteiger partial charge on any atom is 0.254 e. The smallest absolute Gasteiger partial charge is 0.254 e. The zero-order valence-electron chi connectivity index (χ0n) is 17.0. The Balaban J connectivity index is 1.38. The highest BCUT2D eigenvalue weighted by Crippen LogP contribution is 2.23. The molecule has 3 amide bonds. The van der Waals surface area contributed by atoms with Gasteiger partial charge in [-0.3, -0.25) is 14.4 Å². The van der Waals surface area contributed by atoms with Crippen molar-refractivity contribution < 1.29 is 19.1 Å². The van der Waals surface area contributed by atoms with E-state index < -0.39 is 0 Å². The molecule has 0 radical (unpaired) electrons. The number of benzene rings is 2. The van der Waals surface area contributed by atoms with Gasteiger partial charge in [0.25, 0.3) is 11.8 Å². The number of hydrogen-bond donors (Lipinski definition) is 0. The van der Waals surface area contributed by atoms with Crippen LogP contribution >= 0.6 is 0 Å². The first-order valence-corrected chi connectivity index (χ1v) is 10.2. The van der Waals surface area contributed by atoms with Crippen LogP contribution in [-0.4, -0.2) is 67.4 Å². The summed E-state index contributed by atoms with van der Waals surface area (Å²) in [6, 6.07) is 14.3. The van der Waals surface area contributed by atoms with E-state index in [1.807, 2.05) is 12.1 Å². The van der Waals surface area contributed by atoms with Crippen LogP contribution in [-0.2, 0) is 4.79 Å². The summed E-state index contributed by atoms with van der Waals surface area (Å²) in [5.74, 6) is 0.699. The van der Waals surface area contributed by atoms with Crippen LogP contribution in [0.3, 0.4) is 0 Å². The van der Waals surface area contributed by atoms with Crippen molar-refractivity contribution in [1.29, 1.82) is 0 Å². The zero-order valence-corrected chi connectivity index (χ0v) is 17.0. The van der Waals surface area contributed by atoms with Gasteiger partial charge in [0, 0.05) is 56.0 Å². The molecule has 2 aromatic carbocycles. The van der Waals surface area contributed by atoms with Gasteiger partial charge in [-0.15, -0.1) is 0 Å². The lowest BCUT2D eigenvalue weighted by Gasteiger charge is -2.35. The quantitative estimate of drug-likeness (QED) is 0.781. The van der Waals surface area contributed by atoms with Crippen molar-refractivity contribution >= 4 is 23.4 Å². The van der Waals surface area contributed by atoms with Gasteiger partial charge in [0.1, 0.15) is 5.75 Å². The standard InChI is InChI=1S/C23H25N3O4/c1-30-20-9-7-17(8-10-20)22(28)24-12-14-25(15-13-24)23(29)18-4-2-5-19(16-18)26-11-3-6-21(26)27/h2,4-5,7-10,16H,3,6,11-15H2,1H3. The Hall–Kier alpha value is -3.35. The third-order valence-electron chi connectivity index (χ3n) is 5.67. The second kappa shape index (κ2) is 8.57. The molecule has 2 aliphatic heterocycles. The molecule has 0 saturated carbocycles. The van der Waals surface area contributed by atoms with Crippen LogP contribution < -0.4 is 9.64 Å². The first-order chi connectivity index (χ1) is 14.6. The molecule has 30 heavy (non-hydrogen) atoms. The second-order valence-electron chi connectivity index (χ2n) is 7.51. The SMILES string of the molecule is COc1ccc(C(=O)N2CCN(C(=O)c3cccc(N4CCCC4=O)c3)CC2)cc1. The molecular formula is C23H25N3O4. The normalized spacial score (nSPS) is 16.7. The lowest BCUT2D eigenvalue weighted by molar-refractivity contribution is -0.117. The van der Waals surface area contributed by atoms with Gasteiger partial charge in [-0.05, 0) is 48.9 Å². The molecule has 156 valence electrons. The Kier molecular flexibility index (Phi) is 5.70. The van der Waals surface area contributed by atoms with E-state index in [2.05, 4.69) is 0 Å². The van der Waals surface area contributed by atoms with Crippen LogP contribution in [0.1, 0.15) is 33.6 Å². The summed E-state index contributed by atoms with van der Waals surface area (Å²) in [5, 5.41) is 0. The van der Waals surface area contributed by atoms with Gasteiger partial charge >= 0.3 is 0 Å². The lowest BCUT2D eigenvalue weighted by Crippen LogP contribution is -2.50. The van der Waals surface area contributed by atoms with E-state index in [4.69, 9.17) is 4.74 Å². The van der Waals surface area contributed by atoms with Crippen LogP contribution in [0.25, 0.3) is 0 Å². The van der Waals surface area contributed by atoms with Crippen molar-refractivity contribution in [3.63, 3.8) is 0 Å². The van der Waals surface area contributed by atoms with Crippen LogP contribution in [0.5, 0.6) is 5.75 Å². The number of ether oxygens (including phenoxy) is 1. The Morgan fingerprint density at radius 1 is 0.833 bits per heavy atom. The van der Waals surface area contributed by atoms with E-state index in [1.165, 1.54) is 0 Å². The summed E-state index contributed by atoms with van der Waals surface area (Å²) in [6.07, 6.45) is 1.41. The molecule has 2 fully saturated rings. The minimum absolute atomic E-state index is 0.0423. The topological polar surface area (TPSA) is 70.2 Å². The number of hydrogen-bond acceptors (Lipinski definition) is 4. The summed E-state index contributed by atoms with van der Waals surface area (Å²) in [5.41, 5.74) is 1.96. The maximum atomic E-state index is 13.0. The minimum Gasteiger partial charge on any atom is -0.497 e. The van der Waals surface area contributed by atoms with E-state index in [-0.39, 0.29) is 17.7 Å². The van der Waals surface area contributed by atoms with Crippen molar-refractivity contribution in [2.24, 2.45) is 0 Å². The van der Waals surface area contributed by atoms with Crippen LogP contribution in [0.15, 0.2) is 48.5 Å². The average molecular weight is 407 g/mol. The van der Waals surface area contributed by atoms with Gasteiger partial charge in [-0.2, -0.15) is 0 Å². The maximum absolute atomic E-state index is 13.0. The molecule has 7 nitrogen and oxygen atoms in total. The van der Waals surface area contributed by atoms with Gasteiger partial charge in [0.15, 0.2) is 0 Å². The predicted molar refractivity (Wildman–Crippen MR) is 113 cm³/mol. The first kappa shape index (κ1) is 19.9. The molecule has 2 aromatic rings. The Bertz CT molecular complexity index is 949. The number of anilines is 1. The number of amides is 3. The fourth-order valence-corrected chi connectivity index (χ4v) is 3.94. The van der Waals surface area contributed by atoms with Crippen molar-refractivity contribution in [3.05, 3.63) is 59.7 Å². The zero-order chi connectivity index (χ0) is 21.1. The van der Waals surface area contributed by atoms with Gasteiger partial charge < -0.3 is 19.4 Å². The highest BCUT2D eigenvalue weighted by Gasteiger charge is 2.27. The summed E-state index contributed by atoms with van der Waals surface area (Å²) in [6.45, 7) is 2.63. The number of carbonyl (C=O) groups is 3. The Morgan fingerprint density at radius 2 is 1.47 bits per heavy atom. The fourth-order valence-electron chi connectivity index (χ4n) is 3.94. The van der Waals surface area contributed by atoms with Crippen molar-refractivity contribution in [3.8, 4) is 5.75 Å². The van der Waals surface area contributed by atoms with Gasteiger partial charge in [-0.25, -0.2) is 0 Å². The van der Waals surface area contributed by atoms with E-state index in [9.17, 15) is 14.4 Å². The van der Waals surface area contributed by atoms with Crippen molar-refractivity contribution in [1.82, 2.24) is 9.80 Å². The predicted octanol–water partition coefficient (Wildman–Crippen LogP) is 2.42. The van der Waals surface area contributed by atoms with Crippen LogP contribution in [0.4, 0.5) is 5.69 Å². The number of nitrogens with zero attached hydrogens (tertiary/aromatic N) is 3. The fraction of sp³-hybridized carbons (Fsp3) is 0.348. The Labute approximate surface area is 175 Å². The molecular weight excluding hydrogens is 382 g/mol. The molecule has 4 rings (SSSR count). The van der Waals surface area contributed by atoms with Crippen molar-refractivity contribution in [2.75, 3.05) is 44.7 Å². The average Bonchev–Trinajstić information content (AvgIpc) is 3.24. The van der Waals surface area contributed by atoms with Gasteiger partial charge in [0.2, 0.25) is 5.91 Å². The highest BCUT2D eigenvalue weighted by atomic mass is 16.5. The minimum atomic E-state index is -0.0694. The Morgan fingerprint density at radius 3 is 2.03 bits per heavy atom. The number of methoxy groups -OCH3 is 1. The van der Waals surface area contributed by atoms with E-state index in [0.717, 1.165) is 12.1 Å². The lowest BCUT2D eigenvalue weighted by atomic mass is 10.1. The molecule has 0 aliphatic carbocycles. The van der Waals surface area contributed by atoms with E-state index in [0.29, 0.717) is 56.0 Å². The highest BCUT2D eigenvalue weighted by molar-refractivity contribution is 5.99. The third kappa shape index (κ3) is 4.01. The molecule has 0 bridgehead atoms. The number of carbonyl (C=O) groups excluding carboxylic acids is 3. The molecule has 0 spiro atoms. The molecule has 2 saturated heterocycles. The molecule has 7 heteroatoms. The summed E-state index contributed by atoms with van der Waals surface area (Å²) < 4.78 is 5.13. The summed E-state index contributed by atoms with van der Waals surface area (Å²) >= 11 is 0. The molecule has 0 unspecified atom stereocenters. The van der Waals surface area contributed by atoms with E-state index in [1.54, 1.807) is 58.2 Å². The summed E-state index contributed by atoms with van der Waals surface area (Å²) in [7, 11) is 1.59. The molecule has 2 heterocycles. The van der Waals surface area contributed by atoms with E-state index >= 15 is 0 Å². The summed E-state index contributed by atoms with van der Waals surface area (Å²) in [4.78, 5) is 43.0. The largest absolute Gasteiger partial charge is 0.497 e. The second-order valence-corrected chi connectivity index (χ2v) is 7.51. The number of piperazine rings is 1. The van der Waals surface area contributed by atoms with Gasteiger partial charge in [-0.1, -0.05) is 6.07 Å². The van der Waals surface area contributed by atoms with Gasteiger partial charge in [0.05, 0.1) is 7.11 Å². The molecule has 2 aliphatic rings. The number of rotatable bonds is 4. The molecule has 0 N–H and O–H groups in total. The molecule has 0 aromatic heterocycles. The van der Waals surface area contributed by atoms with Crippen molar-refractivity contribution in [2.45, 2.75) is 12.8 Å². The van der Waals surface area contributed by atoms with Crippen LogP contribution in [0.2, 0.25) is 0 Å². The third-order valence-corrected chi connectivity index (χ3v) is 5.67. The monoisotopic (exact) mass is 407 g/mol. The first-order valence-electron chi connectivity index (χ1n) is 10.2.